The quantitative estimate of drug-likeness (QED) is 0.912. The van der Waals surface area contributed by atoms with Crippen molar-refractivity contribution in [3.05, 3.63) is 24.0 Å². The van der Waals surface area contributed by atoms with Crippen LogP contribution in [0.3, 0.4) is 0 Å². The van der Waals surface area contributed by atoms with E-state index in [0.29, 0.717) is 12.1 Å². The number of pyridine rings is 1. The molecule has 1 aromatic heterocycles. The molecule has 20 heavy (non-hydrogen) atoms. The van der Waals surface area contributed by atoms with Crippen molar-refractivity contribution in [3.63, 3.8) is 0 Å². The fraction of sp³-hybridized carbons (Fsp3) is 0.706. The summed E-state index contributed by atoms with van der Waals surface area (Å²) in [6, 6.07) is 6.48. The van der Waals surface area contributed by atoms with Crippen LogP contribution in [0.2, 0.25) is 0 Å². The van der Waals surface area contributed by atoms with E-state index in [4.69, 9.17) is 0 Å². The fourth-order valence-electron chi connectivity index (χ4n) is 4.04. The Morgan fingerprint density at radius 2 is 2.05 bits per heavy atom. The maximum Gasteiger partial charge on any atom is 0.0605 e. The van der Waals surface area contributed by atoms with Crippen LogP contribution in [0, 0.1) is 6.92 Å². The van der Waals surface area contributed by atoms with Crippen molar-refractivity contribution < 1.29 is 0 Å². The van der Waals surface area contributed by atoms with Crippen molar-refractivity contribution in [2.45, 2.75) is 70.5 Å². The summed E-state index contributed by atoms with van der Waals surface area (Å²) in [5.41, 5.74) is 2.56. The van der Waals surface area contributed by atoms with E-state index in [0.717, 1.165) is 12.6 Å². The highest BCUT2D eigenvalue weighted by atomic mass is 15.2. The summed E-state index contributed by atoms with van der Waals surface area (Å²) in [6.07, 6.45) is 9.81. The van der Waals surface area contributed by atoms with Gasteiger partial charge in [0.15, 0.2) is 0 Å². The maximum absolute atomic E-state index is 4.49. The molecule has 1 aromatic rings. The van der Waals surface area contributed by atoms with Crippen LogP contribution < -0.4 is 10.2 Å². The van der Waals surface area contributed by atoms with Crippen LogP contribution in [0.1, 0.15) is 51.1 Å². The molecule has 3 heterocycles. The van der Waals surface area contributed by atoms with Gasteiger partial charge in [-0.1, -0.05) is 6.92 Å². The molecule has 2 unspecified atom stereocenters. The standard InChI is InChI=1S/C17H27N3/c1-3-9-19-14-11-15-6-4-7-16(12-14)20(15)17-8-5-10-18-13(17)2/h5,8,10,14-16,19H,3-4,6-7,9,11-12H2,1-2H3. The van der Waals surface area contributed by atoms with Gasteiger partial charge in [0.1, 0.15) is 0 Å². The second-order valence-electron chi connectivity index (χ2n) is 6.38. The molecule has 2 fully saturated rings. The molecule has 0 aliphatic carbocycles. The Bertz CT molecular complexity index is 432. The smallest absolute Gasteiger partial charge is 0.0605 e. The number of hydrogen-bond acceptors (Lipinski definition) is 3. The molecule has 0 aromatic carbocycles. The second-order valence-corrected chi connectivity index (χ2v) is 6.38. The first-order valence-electron chi connectivity index (χ1n) is 8.23. The van der Waals surface area contributed by atoms with Crippen molar-refractivity contribution >= 4 is 5.69 Å². The Labute approximate surface area is 122 Å². The van der Waals surface area contributed by atoms with E-state index in [9.17, 15) is 0 Å². The van der Waals surface area contributed by atoms with Gasteiger partial charge in [-0.15, -0.1) is 0 Å². The Morgan fingerprint density at radius 1 is 1.30 bits per heavy atom. The number of anilines is 1. The third-order valence-corrected chi connectivity index (χ3v) is 4.91. The molecule has 110 valence electrons. The number of rotatable bonds is 4. The summed E-state index contributed by atoms with van der Waals surface area (Å²) < 4.78 is 0. The summed E-state index contributed by atoms with van der Waals surface area (Å²) in [4.78, 5) is 7.18. The van der Waals surface area contributed by atoms with Gasteiger partial charge in [0.2, 0.25) is 0 Å². The lowest BCUT2D eigenvalue weighted by molar-refractivity contribution is 0.245. The van der Waals surface area contributed by atoms with Crippen molar-refractivity contribution in [1.82, 2.24) is 10.3 Å². The average molecular weight is 273 g/mol. The Kier molecular flexibility index (Phi) is 4.25. The van der Waals surface area contributed by atoms with E-state index < -0.39 is 0 Å². The van der Waals surface area contributed by atoms with Crippen LogP contribution in [0.5, 0.6) is 0 Å². The van der Waals surface area contributed by atoms with Crippen LogP contribution in [0.15, 0.2) is 18.3 Å². The zero-order chi connectivity index (χ0) is 13.9. The molecule has 0 saturated carbocycles. The summed E-state index contributed by atoms with van der Waals surface area (Å²) in [5.74, 6) is 0. The fourth-order valence-corrected chi connectivity index (χ4v) is 4.04. The maximum atomic E-state index is 4.49. The Morgan fingerprint density at radius 3 is 2.70 bits per heavy atom. The number of piperidine rings is 2. The summed E-state index contributed by atoms with van der Waals surface area (Å²) in [6.45, 7) is 5.56. The molecule has 0 spiro atoms. The van der Waals surface area contributed by atoms with Gasteiger partial charge in [-0.05, 0) is 64.1 Å². The monoisotopic (exact) mass is 273 g/mol. The average Bonchev–Trinajstić information content (AvgIpc) is 2.45. The van der Waals surface area contributed by atoms with Crippen molar-refractivity contribution in [1.29, 1.82) is 0 Å². The van der Waals surface area contributed by atoms with Crippen molar-refractivity contribution in [2.24, 2.45) is 0 Å². The van der Waals surface area contributed by atoms with Gasteiger partial charge < -0.3 is 10.2 Å². The van der Waals surface area contributed by atoms with Crippen LogP contribution in [0.4, 0.5) is 5.69 Å². The molecular formula is C17H27N3. The largest absolute Gasteiger partial charge is 0.364 e. The first-order valence-corrected chi connectivity index (χ1v) is 8.23. The predicted molar refractivity (Wildman–Crippen MR) is 84.2 cm³/mol. The van der Waals surface area contributed by atoms with E-state index in [1.807, 2.05) is 6.20 Å². The second kappa shape index (κ2) is 6.13. The first-order chi connectivity index (χ1) is 9.79. The summed E-state index contributed by atoms with van der Waals surface area (Å²) in [5, 5.41) is 3.74. The van der Waals surface area contributed by atoms with Gasteiger partial charge in [0.05, 0.1) is 11.4 Å². The lowest BCUT2D eigenvalue weighted by Crippen LogP contribution is -2.56. The zero-order valence-corrected chi connectivity index (χ0v) is 12.8. The van der Waals surface area contributed by atoms with Gasteiger partial charge in [0.25, 0.3) is 0 Å². The zero-order valence-electron chi connectivity index (χ0n) is 12.8. The number of nitrogens with zero attached hydrogens (tertiary/aromatic N) is 2. The van der Waals surface area contributed by atoms with Gasteiger partial charge in [-0.25, -0.2) is 0 Å². The number of nitrogens with one attached hydrogen (secondary N) is 1. The molecule has 2 aliphatic rings. The lowest BCUT2D eigenvalue weighted by atomic mass is 9.81. The number of fused-ring (bicyclic) bond motifs is 2. The minimum absolute atomic E-state index is 0.708. The molecule has 1 N–H and O–H groups in total. The molecule has 2 bridgehead atoms. The Balaban J connectivity index is 1.78. The molecule has 3 nitrogen and oxygen atoms in total. The van der Waals surface area contributed by atoms with Gasteiger partial charge >= 0.3 is 0 Å². The van der Waals surface area contributed by atoms with Gasteiger partial charge in [-0.2, -0.15) is 0 Å². The van der Waals surface area contributed by atoms with Crippen LogP contribution in [-0.2, 0) is 0 Å². The normalized spacial score (nSPS) is 29.5. The van der Waals surface area contributed by atoms with Crippen molar-refractivity contribution in [2.75, 3.05) is 11.4 Å². The van der Waals surface area contributed by atoms with E-state index in [1.165, 1.54) is 49.9 Å². The topological polar surface area (TPSA) is 28.2 Å². The number of aryl methyl sites for hydroxylation is 1. The van der Waals surface area contributed by atoms with E-state index in [1.54, 1.807) is 0 Å². The minimum Gasteiger partial charge on any atom is -0.364 e. The molecule has 0 amide bonds. The molecule has 3 heteroatoms. The summed E-state index contributed by atoms with van der Waals surface area (Å²) in [7, 11) is 0. The Hall–Kier alpha value is -1.09. The van der Waals surface area contributed by atoms with E-state index in [-0.39, 0.29) is 0 Å². The third kappa shape index (κ3) is 2.69. The van der Waals surface area contributed by atoms with Crippen molar-refractivity contribution in [3.8, 4) is 0 Å². The third-order valence-electron chi connectivity index (χ3n) is 4.91. The summed E-state index contributed by atoms with van der Waals surface area (Å²) >= 11 is 0. The molecule has 2 saturated heterocycles. The molecule has 3 rings (SSSR count). The SMILES string of the molecule is CCCNC1CC2CCCC(C1)N2c1cccnc1C. The minimum atomic E-state index is 0.708. The molecule has 2 atom stereocenters. The number of aromatic nitrogens is 1. The van der Waals surface area contributed by atoms with E-state index in [2.05, 4.69) is 41.2 Å². The highest BCUT2D eigenvalue weighted by molar-refractivity contribution is 5.53. The van der Waals surface area contributed by atoms with Crippen LogP contribution >= 0.6 is 0 Å². The molecular weight excluding hydrogens is 246 g/mol. The molecule has 2 aliphatic heterocycles. The predicted octanol–water partition coefficient (Wildman–Crippen LogP) is 3.28. The van der Waals surface area contributed by atoms with Crippen LogP contribution in [0.25, 0.3) is 0 Å². The first kappa shape index (κ1) is 13.9. The van der Waals surface area contributed by atoms with Gasteiger partial charge in [-0.3, -0.25) is 4.98 Å². The highest BCUT2D eigenvalue weighted by Gasteiger charge is 2.38. The lowest BCUT2D eigenvalue weighted by Gasteiger charge is -2.50. The van der Waals surface area contributed by atoms with Gasteiger partial charge in [0, 0.05) is 24.3 Å². The molecule has 0 radical (unpaired) electrons. The van der Waals surface area contributed by atoms with E-state index >= 15 is 0 Å². The number of hydrogen-bond donors (Lipinski definition) is 1. The highest BCUT2D eigenvalue weighted by Crippen LogP contribution is 2.38. The van der Waals surface area contributed by atoms with Crippen LogP contribution in [-0.4, -0.2) is 29.7 Å².